The molecule has 2 N–H and O–H groups in total. The second kappa shape index (κ2) is 4.28. The Morgan fingerprint density at radius 2 is 2.27 bits per heavy atom. The summed E-state index contributed by atoms with van der Waals surface area (Å²) in [6.45, 7) is 8.05. The van der Waals surface area contributed by atoms with E-state index in [1.807, 2.05) is 0 Å². The van der Waals surface area contributed by atoms with Crippen LogP contribution in [-0.2, 0) is 13.1 Å². The van der Waals surface area contributed by atoms with Gasteiger partial charge in [0.1, 0.15) is 12.2 Å². The molecule has 0 bridgehead atoms. The zero-order chi connectivity index (χ0) is 10.8. The number of nitrogens with zero attached hydrogens (tertiary/aromatic N) is 4. The zero-order valence-electron chi connectivity index (χ0n) is 9.43. The van der Waals surface area contributed by atoms with Crippen molar-refractivity contribution >= 4 is 0 Å². The highest BCUT2D eigenvalue weighted by Gasteiger charge is 2.25. The summed E-state index contributed by atoms with van der Waals surface area (Å²) in [5.74, 6) is 1.64. The predicted molar refractivity (Wildman–Crippen MR) is 58.1 cm³/mol. The Balaban J connectivity index is 2.08. The van der Waals surface area contributed by atoms with Crippen LogP contribution in [0.2, 0.25) is 0 Å². The first-order valence-electron chi connectivity index (χ1n) is 5.53. The molecule has 2 heterocycles. The second-order valence-corrected chi connectivity index (χ2v) is 4.46. The minimum Gasteiger partial charge on any atom is -0.329 e. The van der Waals surface area contributed by atoms with Crippen LogP contribution < -0.4 is 5.73 Å². The summed E-state index contributed by atoms with van der Waals surface area (Å²) in [6, 6.07) is 0.454. The van der Waals surface area contributed by atoms with Gasteiger partial charge in [0.15, 0.2) is 0 Å². The lowest BCUT2D eigenvalue weighted by Gasteiger charge is -2.35. The van der Waals surface area contributed by atoms with Gasteiger partial charge >= 0.3 is 0 Å². The molecule has 2 rings (SSSR count). The highest BCUT2D eigenvalue weighted by Crippen LogP contribution is 2.16. The predicted octanol–water partition coefficient (Wildman–Crippen LogP) is 0.0770. The van der Waals surface area contributed by atoms with Crippen LogP contribution in [-0.4, -0.2) is 38.8 Å². The van der Waals surface area contributed by atoms with E-state index in [4.69, 9.17) is 5.73 Å². The van der Waals surface area contributed by atoms with E-state index in [2.05, 4.69) is 33.5 Å². The number of nitrogens with two attached hydrogens (primary N) is 1. The monoisotopic (exact) mass is 209 g/mol. The smallest absolute Gasteiger partial charge is 0.147 e. The van der Waals surface area contributed by atoms with Crippen LogP contribution in [0.3, 0.4) is 0 Å². The third kappa shape index (κ3) is 2.03. The highest BCUT2D eigenvalue weighted by molar-refractivity contribution is 4.92. The molecule has 0 spiro atoms. The van der Waals surface area contributed by atoms with Crippen LogP contribution in [0.1, 0.15) is 19.7 Å². The molecule has 0 saturated heterocycles. The van der Waals surface area contributed by atoms with Crippen LogP contribution in [0.25, 0.3) is 0 Å². The Morgan fingerprint density at radius 1 is 1.47 bits per heavy atom. The molecule has 1 atom stereocenters. The van der Waals surface area contributed by atoms with Gasteiger partial charge in [-0.2, -0.15) is 0 Å². The average Bonchev–Trinajstić information content (AvgIpc) is 2.65. The molecule has 0 saturated carbocycles. The van der Waals surface area contributed by atoms with Crippen molar-refractivity contribution in [2.24, 2.45) is 11.7 Å². The van der Waals surface area contributed by atoms with E-state index in [0.29, 0.717) is 18.5 Å². The van der Waals surface area contributed by atoms with Crippen LogP contribution in [0.15, 0.2) is 6.33 Å². The van der Waals surface area contributed by atoms with E-state index >= 15 is 0 Å². The lowest BCUT2D eigenvalue weighted by Crippen LogP contribution is -2.47. The summed E-state index contributed by atoms with van der Waals surface area (Å²) in [6.07, 6.45) is 1.81. The topological polar surface area (TPSA) is 60.0 Å². The van der Waals surface area contributed by atoms with Crippen molar-refractivity contribution in [3.63, 3.8) is 0 Å². The molecule has 0 fully saturated rings. The Morgan fingerprint density at radius 3 is 2.93 bits per heavy atom. The number of hydrogen-bond donors (Lipinski definition) is 1. The van der Waals surface area contributed by atoms with E-state index in [9.17, 15) is 0 Å². The molecule has 1 aliphatic heterocycles. The average molecular weight is 209 g/mol. The number of hydrogen-bond acceptors (Lipinski definition) is 4. The molecular weight excluding hydrogens is 190 g/mol. The standard InChI is InChI=1S/C10H19N5/c1-8(2)9(5-11)14-3-4-15-7-12-13-10(15)6-14/h7-9H,3-6,11H2,1-2H3. The highest BCUT2D eigenvalue weighted by atomic mass is 15.3. The van der Waals surface area contributed by atoms with Gasteiger partial charge in [-0.25, -0.2) is 0 Å². The first kappa shape index (κ1) is 10.6. The molecular formula is C10H19N5. The maximum atomic E-state index is 5.82. The van der Waals surface area contributed by atoms with Crippen molar-refractivity contribution < 1.29 is 0 Å². The summed E-state index contributed by atoms with van der Waals surface area (Å²) in [4.78, 5) is 2.41. The van der Waals surface area contributed by atoms with Gasteiger partial charge in [0, 0.05) is 25.7 Å². The van der Waals surface area contributed by atoms with Crippen molar-refractivity contribution in [3.05, 3.63) is 12.2 Å². The summed E-state index contributed by atoms with van der Waals surface area (Å²) >= 11 is 0. The largest absolute Gasteiger partial charge is 0.329 e. The van der Waals surface area contributed by atoms with Crippen molar-refractivity contribution in [2.75, 3.05) is 13.1 Å². The van der Waals surface area contributed by atoms with Gasteiger partial charge in [-0.3, -0.25) is 4.90 Å². The Labute approximate surface area is 90.3 Å². The van der Waals surface area contributed by atoms with Gasteiger partial charge in [0.25, 0.3) is 0 Å². The SMILES string of the molecule is CC(C)C(CN)N1CCn2cnnc2C1. The van der Waals surface area contributed by atoms with E-state index in [1.165, 1.54) is 0 Å². The Kier molecular flexibility index (Phi) is 3.02. The summed E-state index contributed by atoms with van der Waals surface area (Å²) < 4.78 is 2.12. The van der Waals surface area contributed by atoms with Gasteiger partial charge in [-0.05, 0) is 5.92 Å². The molecule has 0 radical (unpaired) electrons. The molecule has 1 unspecified atom stereocenters. The van der Waals surface area contributed by atoms with Crippen LogP contribution >= 0.6 is 0 Å². The fourth-order valence-electron chi connectivity index (χ4n) is 2.21. The lowest BCUT2D eigenvalue weighted by atomic mass is 10.0. The van der Waals surface area contributed by atoms with Crippen molar-refractivity contribution in [1.82, 2.24) is 19.7 Å². The molecule has 0 aromatic carbocycles. The Bertz CT molecular complexity index is 319. The minimum absolute atomic E-state index is 0.454. The van der Waals surface area contributed by atoms with Gasteiger partial charge in [0.2, 0.25) is 0 Å². The van der Waals surface area contributed by atoms with Crippen molar-refractivity contribution in [3.8, 4) is 0 Å². The third-order valence-corrected chi connectivity index (χ3v) is 3.15. The molecule has 5 heteroatoms. The van der Waals surface area contributed by atoms with Gasteiger partial charge < -0.3 is 10.3 Å². The molecule has 5 nitrogen and oxygen atoms in total. The number of rotatable bonds is 3. The van der Waals surface area contributed by atoms with E-state index < -0.39 is 0 Å². The third-order valence-electron chi connectivity index (χ3n) is 3.15. The first-order valence-corrected chi connectivity index (χ1v) is 5.53. The molecule has 1 aromatic rings. The van der Waals surface area contributed by atoms with Gasteiger partial charge in [-0.1, -0.05) is 13.8 Å². The van der Waals surface area contributed by atoms with Gasteiger partial charge in [-0.15, -0.1) is 10.2 Å². The molecule has 84 valence electrons. The Hall–Kier alpha value is -0.940. The second-order valence-electron chi connectivity index (χ2n) is 4.46. The molecule has 15 heavy (non-hydrogen) atoms. The number of fused-ring (bicyclic) bond motifs is 1. The van der Waals surface area contributed by atoms with E-state index in [1.54, 1.807) is 6.33 Å². The molecule has 0 aliphatic carbocycles. The molecule has 1 aromatic heterocycles. The van der Waals surface area contributed by atoms with E-state index in [0.717, 1.165) is 25.5 Å². The van der Waals surface area contributed by atoms with Crippen molar-refractivity contribution in [2.45, 2.75) is 33.0 Å². The minimum atomic E-state index is 0.454. The quantitative estimate of drug-likeness (QED) is 0.765. The first-order chi connectivity index (χ1) is 7.22. The summed E-state index contributed by atoms with van der Waals surface area (Å²) in [5.41, 5.74) is 5.82. The molecule has 1 aliphatic rings. The lowest BCUT2D eigenvalue weighted by molar-refractivity contribution is 0.123. The number of aromatic nitrogens is 3. The maximum Gasteiger partial charge on any atom is 0.147 e. The summed E-state index contributed by atoms with van der Waals surface area (Å²) in [7, 11) is 0. The van der Waals surface area contributed by atoms with Crippen LogP contribution in [0.5, 0.6) is 0 Å². The van der Waals surface area contributed by atoms with E-state index in [-0.39, 0.29) is 0 Å². The maximum absolute atomic E-state index is 5.82. The molecule has 0 amide bonds. The van der Waals surface area contributed by atoms with Crippen LogP contribution in [0, 0.1) is 5.92 Å². The van der Waals surface area contributed by atoms with Gasteiger partial charge in [0.05, 0.1) is 6.54 Å². The fourth-order valence-corrected chi connectivity index (χ4v) is 2.21. The fraction of sp³-hybridized carbons (Fsp3) is 0.800. The normalized spacial score (nSPS) is 19.2. The van der Waals surface area contributed by atoms with Crippen LogP contribution in [0.4, 0.5) is 0 Å². The zero-order valence-corrected chi connectivity index (χ0v) is 9.43. The van der Waals surface area contributed by atoms with Crippen molar-refractivity contribution in [1.29, 1.82) is 0 Å². The summed E-state index contributed by atoms with van der Waals surface area (Å²) in [5, 5.41) is 8.04.